The normalized spacial score (nSPS) is 31.0. The van der Waals surface area contributed by atoms with E-state index in [1.54, 1.807) is 0 Å². The fraction of sp³-hybridized carbons (Fsp3) is 0.733. The van der Waals surface area contributed by atoms with E-state index in [9.17, 15) is 4.79 Å². The van der Waals surface area contributed by atoms with Crippen LogP contribution in [0.25, 0.3) is 0 Å². The van der Waals surface area contributed by atoms with Crippen molar-refractivity contribution in [1.82, 2.24) is 14.7 Å². The number of carbonyl (C=O) groups is 1. The summed E-state index contributed by atoms with van der Waals surface area (Å²) in [6.07, 6.45) is 3.10. The fourth-order valence-corrected chi connectivity index (χ4v) is 3.75. The molecule has 0 spiro atoms. The number of hydrogen-bond acceptors (Lipinski definition) is 4. The van der Waals surface area contributed by atoms with Gasteiger partial charge in [-0.05, 0) is 40.2 Å². The Kier molecular flexibility index (Phi) is 3.32. The molecule has 0 amide bonds. The lowest BCUT2D eigenvalue weighted by molar-refractivity contribution is -0.145. The molecular weight excluding hydrogens is 254 g/mol. The summed E-state index contributed by atoms with van der Waals surface area (Å²) in [5.41, 5.74) is 3.59. The van der Waals surface area contributed by atoms with E-state index in [2.05, 4.69) is 23.8 Å². The van der Waals surface area contributed by atoms with Crippen LogP contribution in [0.5, 0.6) is 0 Å². The third kappa shape index (κ3) is 2.04. The van der Waals surface area contributed by atoms with Gasteiger partial charge in [-0.25, -0.2) is 0 Å². The summed E-state index contributed by atoms with van der Waals surface area (Å²) in [4.78, 5) is 14.4. The number of cyclic esters (lactones) is 1. The summed E-state index contributed by atoms with van der Waals surface area (Å²) in [6.45, 7) is 7.13. The number of aromatic nitrogens is 2. The molecule has 3 unspecified atom stereocenters. The first-order valence-electron chi connectivity index (χ1n) is 7.45. The van der Waals surface area contributed by atoms with Gasteiger partial charge in [-0.1, -0.05) is 0 Å². The number of carbonyl (C=O) groups excluding carboxylic acids is 1. The average molecular weight is 277 g/mol. The third-order valence-corrected chi connectivity index (χ3v) is 4.74. The van der Waals surface area contributed by atoms with Crippen molar-refractivity contribution in [2.45, 2.75) is 58.2 Å². The molecule has 2 aliphatic rings. The zero-order valence-electron chi connectivity index (χ0n) is 12.7. The predicted molar refractivity (Wildman–Crippen MR) is 75.3 cm³/mol. The molecule has 0 saturated carbocycles. The third-order valence-electron chi connectivity index (χ3n) is 4.74. The highest BCUT2D eigenvalue weighted by atomic mass is 16.6. The summed E-state index contributed by atoms with van der Waals surface area (Å²) >= 11 is 0. The first-order chi connectivity index (χ1) is 9.49. The molecule has 0 bridgehead atoms. The quantitative estimate of drug-likeness (QED) is 0.774. The predicted octanol–water partition coefficient (Wildman–Crippen LogP) is 1.88. The molecule has 2 saturated heterocycles. The molecule has 1 aromatic heterocycles. The van der Waals surface area contributed by atoms with E-state index in [1.165, 1.54) is 11.3 Å². The van der Waals surface area contributed by atoms with Gasteiger partial charge in [-0.2, -0.15) is 5.10 Å². The van der Waals surface area contributed by atoms with Gasteiger partial charge in [0.05, 0.1) is 5.69 Å². The van der Waals surface area contributed by atoms with Gasteiger partial charge in [-0.3, -0.25) is 14.4 Å². The highest BCUT2D eigenvalue weighted by molar-refractivity contribution is 5.78. The van der Waals surface area contributed by atoms with Gasteiger partial charge < -0.3 is 4.74 Å². The van der Waals surface area contributed by atoms with Crippen LogP contribution in [0, 0.1) is 13.8 Å². The summed E-state index contributed by atoms with van der Waals surface area (Å²) in [7, 11) is 1.98. The Hall–Kier alpha value is -1.36. The van der Waals surface area contributed by atoms with Crippen LogP contribution in [0.3, 0.4) is 0 Å². The molecule has 0 N–H and O–H groups in total. The molecule has 3 atom stereocenters. The lowest BCUT2D eigenvalue weighted by atomic mass is 10.0. The second-order valence-electron chi connectivity index (χ2n) is 6.10. The Morgan fingerprint density at radius 3 is 2.60 bits per heavy atom. The molecule has 5 heteroatoms. The topological polar surface area (TPSA) is 47.4 Å². The van der Waals surface area contributed by atoms with E-state index in [0.29, 0.717) is 6.04 Å². The van der Waals surface area contributed by atoms with Gasteiger partial charge in [0.15, 0.2) is 0 Å². The number of likely N-dealkylation sites (tertiary alicyclic amines) is 1. The first-order valence-corrected chi connectivity index (χ1v) is 7.45. The van der Waals surface area contributed by atoms with Gasteiger partial charge in [0.1, 0.15) is 12.1 Å². The Morgan fingerprint density at radius 1 is 1.30 bits per heavy atom. The maximum Gasteiger partial charge on any atom is 0.323 e. The Balaban J connectivity index is 1.91. The molecule has 3 heterocycles. The van der Waals surface area contributed by atoms with Crippen LogP contribution in [-0.4, -0.2) is 39.3 Å². The van der Waals surface area contributed by atoms with Crippen LogP contribution in [0.4, 0.5) is 0 Å². The fourth-order valence-electron chi connectivity index (χ4n) is 3.75. The van der Waals surface area contributed by atoms with Gasteiger partial charge in [0, 0.05) is 30.8 Å². The number of rotatable bonds is 2. The van der Waals surface area contributed by atoms with Crippen molar-refractivity contribution in [2.75, 3.05) is 6.54 Å². The Bertz CT molecular complexity index is 537. The van der Waals surface area contributed by atoms with E-state index >= 15 is 0 Å². The minimum absolute atomic E-state index is 0.0462. The minimum Gasteiger partial charge on any atom is -0.461 e. The number of esters is 1. The van der Waals surface area contributed by atoms with Crippen molar-refractivity contribution in [2.24, 2.45) is 7.05 Å². The van der Waals surface area contributed by atoms with Crippen LogP contribution < -0.4 is 0 Å². The molecule has 3 rings (SSSR count). The van der Waals surface area contributed by atoms with Crippen LogP contribution in [0.2, 0.25) is 0 Å². The molecule has 5 nitrogen and oxygen atoms in total. The summed E-state index contributed by atoms with van der Waals surface area (Å²) in [5.74, 6) is -0.0522. The van der Waals surface area contributed by atoms with Crippen LogP contribution in [-0.2, 0) is 16.6 Å². The van der Waals surface area contributed by atoms with Crippen LogP contribution >= 0.6 is 0 Å². The van der Waals surface area contributed by atoms with Gasteiger partial charge in [-0.15, -0.1) is 0 Å². The lowest BCUT2D eigenvalue weighted by Gasteiger charge is -2.28. The van der Waals surface area contributed by atoms with Crippen molar-refractivity contribution in [3.63, 3.8) is 0 Å². The van der Waals surface area contributed by atoms with E-state index < -0.39 is 0 Å². The monoisotopic (exact) mass is 277 g/mol. The van der Waals surface area contributed by atoms with Crippen molar-refractivity contribution in [3.05, 3.63) is 17.0 Å². The largest absolute Gasteiger partial charge is 0.461 e. The van der Waals surface area contributed by atoms with E-state index in [0.717, 1.165) is 31.5 Å². The zero-order valence-corrected chi connectivity index (χ0v) is 12.7. The summed E-state index contributed by atoms with van der Waals surface area (Å²) in [5, 5.41) is 4.52. The molecule has 2 aliphatic heterocycles. The summed E-state index contributed by atoms with van der Waals surface area (Å²) in [6, 6.07) is 0.239. The highest BCUT2D eigenvalue weighted by Crippen LogP contribution is 2.39. The number of hydrogen-bond donors (Lipinski definition) is 0. The van der Waals surface area contributed by atoms with Crippen molar-refractivity contribution >= 4 is 5.97 Å². The Morgan fingerprint density at radius 2 is 2.05 bits per heavy atom. The second-order valence-corrected chi connectivity index (χ2v) is 6.10. The molecular formula is C15H23N3O2. The highest BCUT2D eigenvalue weighted by Gasteiger charge is 2.42. The standard InChI is InChI=1S/C15H23N3O2/c1-9-8-13(15(19)20-9)18-7-5-6-12(18)14-10(2)16-17(4)11(14)3/h9,12-13H,5-8H2,1-4H3. The minimum atomic E-state index is -0.0727. The molecule has 2 fully saturated rings. The SMILES string of the molecule is Cc1nn(C)c(C)c1C1CCCN1C1CC(C)OC1=O. The molecule has 110 valence electrons. The van der Waals surface area contributed by atoms with Crippen LogP contribution in [0.15, 0.2) is 0 Å². The van der Waals surface area contributed by atoms with Gasteiger partial charge in [0.2, 0.25) is 0 Å². The Labute approximate surface area is 119 Å². The molecule has 0 aromatic carbocycles. The average Bonchev–Trinajstić information content (AvgIpc) is 3.01. The smallest absolute Gasteiger partial charge is 0.323 e. The lowest BCUT2D eigenvalue weighted by Crippen LogP contribution is -2.38. The molecule has 0 radical (unpaired) electrons. The number of aryl methyl sites for hydroxylation is 2. The maximum absolute atomic E-state index is 12.0. The van der Waals surface area contributed by atoms with Gasteiger partial charge in [0.25, 0.3) is 0 Å². The van der Waals surface area contributed by atoms with Gasteiger partial charge >= 0.3 is 5.97 Å². The second kappa shape index (κ2) is 4.88. The zero-order chi connectivity index (χ0) is 14.4. The van der Waals surface area contributed by atoms with E-state index in [4.69, 9.17) is 4.74 Å². The van der Waals surface area contributed by atoms with E-state index in [-0.39, 0.29) is 18.1 Å². The van der Waals surface area contributed by atoms with Crippen LogP contribution in [0.1, 0.15) is 49.2 Å². The summed E-state index contributed by atoms with van der Waals surface area (Å²) < 4.78 is 7.28. The van der Waals surface area contributed by atoms with Crippen molar-refractivity contribution in [3.8, 4) is 0 Å². The molecule has 20 heavy (non-hydrogen) atoms. The maximum atomic E-state index is 12.0. The molecule has 1 aromatic rings. The first kappa shape index (κ1) is 13.6. The number of nitrogens with zero attached hydrogens (tertiary/aromatic N) is 3. The number of ether oxygens (including phenoxy) is 1. The molecule has 0 aliphatic carbocycles. The van der Waals surface area contributed by atoms with E-state index in [1.807, 2.05) is 18.7 Å². The van der Waals surface area contributed by atoms with Crippen molar-refractivity contribution in [1.29, 1.82) is 0 Å². The van der Waals surface area contributed by atoms with Crippen molar-refractivity contribution < 1.29 is 9.53 Å².